The highest BCUT2D eigenvalue weighted by Crippen LogP contribution is 2.14. The van der Waals surface area contributed by atoms with Gasteiger partial charge >= 0.3 is 0 Å². The van der Waals surface area contributed by atoms with Crippen LogP contribution in [0.5, 0.6) is 0 Å². The Morgan fingerprint density at radius 2 is 1.57 bits per heavy atom. The number of nitrogens with two attached hydrogens (primary N) is 1. The minimum absolute atomic E-state index is 0.536. The first-order valence-electron chi connectivity index (χ1n) is 5.56. The van der Waals surface area contributed by atoms with E-state index < -0.39 is 0 Å². The molecule has 1 aliphatic rings. The molecule has 14 heavy (non-hydrogen) atoms. The summed E-state index contributed by atoms with van der Waals surface area (Å²) in [4.78, 5) is 0. The first-order chi connectivity index (χ1) is 6.79. The highest BCUT2D eigenvalue weighted by molar-refractivity contribution is 5.11. The molecule has 0 radical (unpaired) electrons. The van der Waals surface area contributed by atoms with Gasteiger partial charge in [-0.1, -0.05) is 55.2 Å². The van der Waals surface area contributed by atoms with Crippen molar-refractivity contribution in [3.63, 3.8) is 0 Å². The van der Waals surface area contributed by atoms with Crippen LogP contribution in [0.15, 0.2) is 30.3 Å². The largest absolute Gasteiger partial charge is 0.328 e. The van der Waals surface area contributed by atoms with Crippen LogP contribution in [0.1, 0.15) is 37.7 Å². The second-order valence-corrected chi connectivity index (χ2v) is 4.05. The van der Waals surface area contributed by atoms with Crippen molar-refractivity contribution in [1.29, 1.82) is 0 Å². The van der Waals surface area contributed by atoms with E-state index in [0.717, 1.165) is 0 Å². The summed E-state index contributed by atoms with van der Waals surface area (Å²) in [5.41, 5.74) is 6.96. The third-order valence-electron chi connectivity index (χ3n) is 2.59. The van der Waals surface area contributed by atoms with E-state index >= 15 is 0 Å². The molecule has 0 aromatic heterocycles. The molecular weight excluding hydrogens is 170 g/mol. The van der Waals surface area contributed by atoms with E-state index in [1.54, 1.807) is 0 Å². The smallest absolute Gasteiger partial charge is 0.00388 e. The van der Waals surface area contributed by atoms with Crippen LogP contribution in [0.25, 0.3) is 0 Å². The molecule has 0 atom stereocenters. The first-order valence-corrected chi connectivity index (χ1v) is 5.56. The van der Waals surface area contributed by atoms with Gasteiger partial charge in [0.15, 0.2) is 0 Å². The van der Waals surface area contributed by atoms with Crippen LogP contribution < -0.4 is 5.73 Å². The van der Waals surface area contributed by atoms with E-state index in [4.69, 9.17) is 5.73 Å². The summed E-state index contributed by atoms with van der Waals surface area (Å²) in [7, 11) is 0. The van der Waals surface area contributed by atoms with Crippen LogP contribution in [0, 0.1) is 6.92 Å². The summed E-state index contributed by atoms with van der Waals surface area (Å²) in [6.45, 7) is 2.08. The Hall–Kier alpha value is -0.820. The molecule has 1 saturated carbocycles. The first kappa shape index (κ1) is 11.3. The van der Waals surface area contributed by atoms with E-state index in [1.807, 2.05) is 18.2 Å². The molecule has 2 rings (SSSR count). The van der Waals surface area contributed by atoms with Gasteiger partial charge in [0.25, 0.3) is 0 Å². The van der Waals surface area contributed by atoms with Gasteiger partial charge in [0.05, 0.1) is 0 Å². The molecule has 1 nitrogen and oxygen atoms in total. The van der Waals surface area contributed by atoms with Crippen LogP contribution in [-0.4, -0.2) is 6.04 Å². The number of benzene rings is 1. The molecule has 1 aliphatic carbocycles. The lowest BCUT2D eigenvalue weighted by molar-refractivity contribution is 0.441. The molecule has 0 bridgehead atoms. The van der Waals surface area contributed by atoms with E-state index in [-0.39, 0.29) is 0 Å². The Labute approximate surface area is 87.3 Å². The van der Waals surface area contributed by atoms with Crippen molar-refractivity contribution in [2.75, 3.05) is 0 Å². The summed E-state index contributed by atoms with van der Waals surface area (Å²) in [6.07, 6.45) is 6.66. The number of hydrogen-bond acceptors (Lipinski definition) is 1. The van der Waals surface area contributed by atoms with Gasteiger partial charge in [-0.25, -0.2) is 0 Å². The number of hydrogen-bond donors (Lipinski definition) is 1. The molecule has 0 amide bonds. The second-order valence-electron chi connectivity index (χ2n) is 4.05. The van der Waals surface area contributed by atoms with Gasteiger partial charge < -0.3 is 5.73 Å². The van der Waals surface area contributed by atoms with E-state index in [9.17, 15) is 0 Å². The molecule has 1 aromatic rings. The highest BCUT2D eigenvalue weighted by Gasteiger charge is 2.06. The van der Waals surface area contributed by atoms with E-state index in [2.05, 4.69) is 19.1 Å². The van der Waals surface area contributed by atoms with Crippen LogP contribution in [0.2, 0.25) is 0 Å². The molecule has 0 unspecified atom stereocenters. The second kappa shape index (κ2) is 6.61. The third kappa shape index (κ3) is 5.03. The average Bonchev–Trinajstić information content (AvgIpc) is 2.21. The van der Waals surface area contributed by atoms with Crippen LogP contribution in [0.4, 0.5) is 0 Å². The van der Waals surface area contributed by atoms with Gasteiger partial charge in [0.2, 0.25) is 0 Å². The summed E-state index contributed by atoms with van der Waals surface area (Å²) in [5.74, 6) is 0. The molecule has 0 saturated heterocycles. The molecule has 2 N–H and O–H groups in total. The minimum atomic E-state index is 0.536. The monoisotopic (exact) mass is 191 g/mol. The molecule has 0 aliphatic heterocycles. The maximum atomic E-state index is 5.63. The third-order valence-corrected chi connectivity index (χ3v) is 2.59. The topological polar surface area (TPSA) is 26.0 Å². The quantitative estimate of drug-likeness (QED) is 0.669. The zero-order chi connectivity index (χ0) is 10.2. The van der Waals surface area contributed by atoms with Gasteiger partial charge in [-0.05, 0) is 19.8 Å². The fourth-order valence-electron chi connectivity index (χ4n) is 1.67. The lowest BCUT2D eigenvalue weighted by atomic mass is 9.97. The van der Waals surface area contributed by atoms with Gasteiger partial charge in [0.1, 0.15) is 0 Å². The lowest BCUT2D eigenvalue weighted by Gasteiger charge is -2.15. The highest BCUT2D eigenvalue weighted by atomic mass is 14.6. The van der Waals surface area contributed by atoms with Crippen LogP contribution >= 0.6 is 0 Å². The predicted octanol–water partition coefficient (Wildman–Crippen LogP) is 3.27. The fourth-order valence-corrected chi connectivity index (χ4v) is 1.67. The normalized spacial score (nSPS) is 17.0. The molecular formula is C13H21N. The fraction of sp³-hybridized carbons (Fsp3) is 0.538. The summed E-state index contributed by atoms with van der Waals surface area (Å²) in [6, 6.07) is 10.8. The number of rotatable bonds is 0. The Morgan fingerprint density at radius 3 is 1.86 bits per heavy atom. The van der Waals surface area contributed by atoms with E-state index in [1.165, 1.54) is 37.7 Å². The molecule has 1 fully saturated rings. The van der Waals surface area contributed by atoms with Crippen molar-refractivity contribution in [2.45, 2.75) is 45.1 Å². The van der Waals surface area contributed by atoms with Crippen molar-refractivity contribution in [3.05, 3.63) is 35.9 Å². The molecule has 1 heteroatoms. The van der Waals surface area contributed by atoms with Crippen molar-refractivity contribution >= 4 is 0 Å². The summed E-state index contributed by atoms with van der Waals surface area (Å²) in [5, 5.41) is 0. The Morgan fingerprint density at radius 1 is 1.00 bits per heavy atom. The SMILES string of the molecule is Cc1ccccc1.NC1CCCCC1. The maximum absolute atomic E-state index is 5.63. The zero-order valence-electron chi connectivity index (χ0n) is 9.08. The maximum Gasteiger partial charge on any atom is 0.00388 e. The summed E-state index contributed by atoms with van der Waals surface area (Å²) >= 11 is 0. The molecule has 0 spiro atoms. The summed E-state index contributed by atoms with van der Waals surface area (Å²) < 4.78 is 0. The predicted molar refractivity (Wildman–Crippen MR) is 62.2 cm³/mol. The van der Waals surface area contributed by atoms with Gasteiger partial charge in [-0.3, -0.25) is 0 Å². The lowest BCUT2D eigenvalue weighted by Crippen LogP contribution is -2.22. The van der Waals surface area contributed by atoms with Gasteiger partial charge in [-0.2, -0.15) is 0 Å². The minimum Gasteiger partial charge on any atom is -0.328 e. The molecule has 78 valence electrons. The van der Waals surface area contributed by atoms with Crippen LogP contribution in [-0.2, 0) is 0 Å². The van der Waals surface area contributed by atoms with E-state index in [0.29, 0.717) is 6.04 Å². The molecule has 1 aromatic carbocycles. The van der Waals surface area contributed by atoms with Crippen molar-refractivity contribution < 1.29 is 0 Å². The Bertz CT molecular complexity index is 224. The Balaban J connectivity index is 0.000000140. The average molecular weight is 191 g/mol. The standard InChI is InChI=1S/C7H8.C6H13N/c1-7-5-3-2-4-6-7;7-6-4-2-1-3-5-6/h2-6H,1H3;6H,1-5,7H2. The van der Waals surface area contributed by atoms with Crippen molar-refractivity contribution in [2.24, 2.45) is 5.73 Å². The van der Waals surface area contributed by atoms with Gasteiger partial charge in [0, 0.05) is 6.04 Å². The number of aryl methyl sites for hydroxylation is 1. The molecule has 0 heterocycles. The van der Waals surface area contributed by atoms with Crippen molar-refractivity contribution in [1.82, 2.24) is 0 Å². The van der Waals surface area contributed by atoms with Crippen LogP contribution in [0.3, 0.4) is 0 Å². The zero-order valence-corrected chi connectivity index (χ0v) is 9.08. The Kier molecular flexibility index (Phi) is 5.31. The van der Waals surface area contributed by atoms with Crippen molar-refractivity contribution in [3.8, 4) is 0 Å². The van der Waals surface area contributed by atoms with Gasteiger partial charge in [-0.15, -0.1) is 0 Å².